The topological polar surface area (TPSA) is 84.2 Å². The van der Waals surface area contributed by atoms with Gasteiger partial charge in [0, 0.05) is 22.5 Å². The van der Waals surface area contributed by atoms with E-state index in [0.717, 1.165) is 46.5 Å². The third kappa shape index (κ3) is 2.42. The van der Waals surface area contributed by atoms with Crippen LogP contribution in [-0.4, -0.2) is 35.1 Å². The van der Waals surface area contributed by atoms with Crippen LogP contribution >= 0.6 is 0 Å². The Balaban J connectivity index is 2.11. The van der Waals surface area contributed by atoms with E-state index in [1.807, 2.05) is 13.8 Å². The van der Waals surface area contributed by atoms with E-state index in [0.29, 0.717) is 24.6 Å². The lowest BCUT2D eigenvalue weighted by atomic mass is 9.90. The first-order chi connectivity index (χ1) is 11.5. The van der Waals surface area contributed by atoms with Crippen molar-refractivity contribution in [2.45, 2.75) is 40.5 Å². The van der Waals surface area contributed by atoms with Crippen molar-refractivity contribution < 1.29 is 19.1 Å². The van der Waals surface area contributed by atoms with Crippen LogP contribution < -0.4 is 0 Å². The fourth-order valence-corrected chi connectivity index (χ4v) is 3.43. The minimum atomic E-state index is -0.343. The van der Waals surface area contributed by atoms with Crippen molar-refractivity contribution in [1.82, 2.24) is 9.97 Å². The lowest BCUT2D eigenvalue weighted by Crippen LogP contribution is -2.07. The zero-order chi connectivity index (χ0) is 17.4. The van der Waals surface area contributed by atoms with Gasteiger partial charge in [-0.2, -0.15) is 0 Å². The summed E-state index contributed by atoms with van der Waals surface area (Å²) in [7, 11) is 0. The lowest BCUT2D eigenvalue weighted by Gasteiger charge is -2.14. The van der Waals surface area contributed by atoms with Crippen LogP contribution in [0.3, 0.4) is 0 Å². The van der Waals surface area contributed by atoms with Gasteiger partial charge in [-0.15, -0.1) is 0 Å². The number of aromatic amines is 2. The molecule has 2 aromatic rings. The molecule has 0 fully saturated rings. The number of fused-ring (bicyclic) bond motifs is 3. The quantitative estimate of drug-likeness (QED) is 0.844. The number of esters is 2. The first kappa shape index (κ1) is 16.4. The van der Waals surface area contributed by atoms with Gasteiger partial charge in [0.25, 0.3) is 0 Å². The molecule has 0 aliphatic heterocycles. The Morgan fingerprint density at radius 1 is 0.833 bits per heavy atom. The van der Waals surface area contributed by atoms with Gasteiger partial charge < -0.3 is 19.4 Å². The Bertz CT molecular complexity index is 745. The van der Waals surface area contributed by atoms with Crippen LogP contribution in [0, 0.1) is 13.8 Å². The molecule has 0 radical (unpaired) electrons. The average molecular weight is 330 g/mol. The molecule has 1 aliphatic rings. The van der Waals surface area contributed by atoms with E-state index in [4.69, 9.17) is 9.47 Å². The molecule has 2 N–H and O–H groups in total. The second-order valence-corrected chi connectivity index (χ2v) is 5.90. The molecule has 0 atom stereocenters. The number of carbonyl (C=O) groups excluding carboxylic acids is 2. The number of nitrogens with one attached hydrogen (secondary N) is 2. The van der Waals surface area contributed by atoms with Crippen LogP contribution in [0.4, 0.5) is 0 Å². The molecule has 3 rings (SSSR count). The molecule has 24 heavy (non-hydrogen) atoms. The highest BCUT2D eigenvalue weighted by molar-refractivity contribution is 5.97. The lowest BCUT2D eigenvalue weighted by molar-refractivity contribution is 0.0509. The van der Waals surface area contributed by atoms with Crippen LogP contribution in [0.15, 0.2) is 0 Å². The van der Waals surface area contributed by atoms with Gasteiger partial charge in [0.1, 0.15) is 11.4 Å². The summed E-state index contributed by atoms with van der Waals surface area (Å²) in [4.78, 5) is 30.7. The summed E-state index contributed by atoms with van der Waals surface area (Å²) in [5, 5.41) is 0. The molecule has 1 aliphatic carbocycles. The van der Waals surface area contributed by atoms with Crippen LogP contribution in [0.2, 0.25) is 0 Å². The molecule has 0 saturated carbocycles. The molecule has 2 aromatic heterocycles. The van der Waals surface area contributed by atoms with Gasteiger partial charge in [0.15, 0.2) is 0 Å². The van der Waals surface area contributed by atoms with Gasteiger partial charge in [-0.3, -0.25) is 0 Å². The van der Waals surface area contributed by atoms with Gasteiger partial charge in [-0.1, -0.05) is 0 Å². The third-order valence-corrected chi connectivity index (χ3v) is 4.49. The molecule has 0 spiro atoms. The summed E-state index contributed by atoms with van der Waals surface area (Å²) in [6.45, 7) is 8.07. The Morgan fingerprint density at radius 2 is 1.21 bits per heavy atom. The maximum atomic E-state index is 12.1. The van der Waals surface area contributed by atoms with Crippen molar-refractivity contribution in [1.29, 1.82) is 0 Å². The van der Waals surface area contributed by atoms with E-state index < -0.39 is 0 Å². The predicted molar refractivity (Wildman–Crippen MR) is 89.4 cm³/mol. The standard InChI is InChI=1S/C18H22N2O4/c1-5-23-17(21)15-9(3)13-11(19-15)7-8-12-14(13)10(4)16(20-12)18(22)24-6-2/h19-20H,5-8H2,1-4H3. The predicted octanol–water partition coefficient (Wildman–Crippen LogP) is 3.08. The highest BCUT2D eigenvalue weighted by Crippen LogP contribution is 2.40. The molecule has 0 aromatic carbocycles. The summed E-state index contributed by atoms with van der Waals surface area (Å²) in [6, 6.07) is 0. The van der Waals surface area contributed by atoms with Gasteiger partial charge in [-0.05, 0) is 51.7 Å². The molecular formula is C18H22N2O4. The number of aryl methyl sites for hydroxylation is 2. The molecule has 6 heteroatoms. The summed E-state index contributed by atoms with van der Waals surface area (Å²) >= 11 is 0. The van der Waals surface area contributed by atoms with E-state index in [1.54, 1.807) is 13.8 Å². The number of carbonyl (C=O) groups is 2. The number of hydrogen-bond donors (Lipinski definition) is 2. The Hall–Kier alpha value is -2.50. The maximum absolute atomic E-state index is 12.1. The Morgan fingerprint density at radius 3 is 1.54 bits per heavy atom. The third-order valence-electron chi connectivity index (χ3n) is 4.49. The molecule has 0 unspecified atom stereocenters. The second kappa shape index (κ2) is 6.19. The molecule has 2 heterocycles. The monoisotopic (exact) mass is 330 g/mol. The summed E-state index contributed by atoms with van der Waals surface area (Å²) in [5.74, 6) is -0.686. The number of aromatic nitrogens is 2. The SMILES string of the molecule is CCOC(=O)c1[nH]c2c(c1C)-c1c([nH]c(C(=O)OCC)c1C)CC2. The van der Waals surface area contributed by atoms with Crippen LogP contribution in [0.1, 0.15) is 57.3 Å². The van der Waals surface area contributed by atoms with Gasteiger partial charge in [-0.25, -0.2) is 9.59 Å². The first-order valence-corrected chi connectivity index (χ1v) is 8.27. The smallest absolute Gasteiger partial charge is 0.355 e. The fourth-order valence-electron chi connectivity index (χ4n) is 3.43. The molecular weight excluding hydrogens is 308 g/mol. The van der Waals surface area contributed by atoms with Crippen molar-refractivity contribution in [2.24, 2.45) is 0 Å². The summed E-state index contributed by atoms with van der Waals surface area (Å²) in [6.07, 6.45) is 1.57. The van der Waals surface area contributed by atoms with Gasteiger partial charge >= 0.3 is 11.9 Å². The number of hydrogen-bond acceptors (Lipinski definition) is 4. The van der Waals surface area contributed by atoms with Crippen molar-refractivity contribution >= 4 is 11.9 Å². The van der Waals surface area contributed by atoms with Crippen LogP contribution in [-0.2, 0) is 22.3 Å². The molecule has 0 amide bonds. The van der Waals surface area contributed by atoms with Crippen LogP contribution in [0.5, 0.6) is 0 Å². The van der Waals surface area contributed by atoms with Crippen molar-refractivity contribution in [3.63, 3.8) is 0 Å². The number of rotatable bonds is 4. The second-order valence-electron chi connectivity index (χ2n) is 5.90. The first-order valence-electron chi connectivity index (χ1n) is 8.27. The molecule has 128 valence electrons. The van der Waals surface area contributed by atoms with E-state index in [1.165, 1.54) is 0 Å². The minimum absolute atomic E-state index is 0.337. The van der Waals surface area contributed by atoms with E-state index in [2.05, 4.69) is 9.97 Å². The normalized spacial score (nSPS) is 12.5. The fraction of sp³-hybridized carbons (Fsp3) is 0.444. The molecule has 0 bridgehead atoms. The Kier molecular flexibility index (Phi) is 4.22. The highest BCUT2D eigenvalue weighted by Gasteiger charge is 2.30. The maximum Gasteiger partial charge on any atom is 0.355 e. The van der Waals surface area contributed by atoms with Crippen molar-refractivity contribution in [2.75, 3.05) is 13.2 Å². The van der Waals surface area contributed by atoms with Gasteiger partial charge in [0.05, 0.1) is 13.2 Å². The van der Waals surface area contributed by atoms with E-state index >= 15 is 0 Å². The average Bonchev–Trinajstić information content (AvgIpc) is 3.06. The largest absolute Gasteiger partial charge is 0.461 e. The zero-order valence-electron chi connectivity index (χ0n) is 14.5. The summed E-state index contributed by atoms with van der Waals surface area (Å²) in [5.41, 5.74) is 6.75. The number of ether oxygens (including phenoxy) is 2. The molecule has 6 nitrogen and oxygen atoms in total. The van der Waals surface area contributed by atoms with Crippen LogP contribution in [0.25, 0.3) is 11.1 Å². The minimum Gasteiger partial charge on any atom is -0.461 e. The Labute approximate surface area is 140 Å². The number of H-pyrrole nitrogens is 2. The summed E-state index contributed by atoms with van der Waals surface area (Å²) < 4.78 is 10.3. The van der Waals surface area contributed by atoms with Crippen molar-refractivity contribution in [3.8, 4) is 11.1 Å². The zero-order valence-corrected chi connectivity index (χ0v) is 14.5. The van der Waals surface area contributed by atoms with Gasteiger partial charge in [0.2, 0.25) is 0 Å². The molecule has 0 saturated heterocycles. The van der Waals surface area contributed by atoms with Crippen molar-refractivity contribution in [3.05, 3.63) is 33.9 Å². The van der Waals surface area contributed by atoms with E-state index in [9.17, 15) is 9.59 Å². The highest BCUT2D eigenvalue weighted by atomic mass is 16.5. The van der Waals surface area contributed by atoms with E-state index in [-0.39, 0.29) is 11.9 Å².